The molecule has 3 rings (SSSR count). The van der Waals surface area contributed by atoms with Crippen LogP contribution in [0.1, 0.15) is 29.6 Å². The topological polar surface area (TPSA) is 40.6 Å². The van der Waals surface area contributed by atoms with E-state index >= 15 is 0 Å². The first-order valence-corrected chi connectivity index (χ1v) is 7.54. The zero-order chi connectivity index (χ0) is 15.0. The minimum Gasteiger partial charge on any atom is -0.302 e. The number of halogens is 2. The van der Waals surface area contributed by atoms with Gasteiger partial charge >= 0.3 is 0 Å². The minimum atomic E-state index is -0.715. The number of hydrogen-bond donors (Lipinski definition) is 0. The number of carbonyl (C=O) groups is 2. The Morgan fingerprint density at radius 3 is 2.52 bits per heavy atom. The molecule has 6 heteroatoms. The Labute approximate surface area is 127 Å². The standard InChI is InChI=1S/C15H16ClFN2O2/c16-10-4-5-11(17)13-12(10)14(20)15(21)19(13)9-8-18-6-2-1-3-7-18/h4-5H,1-3,6-9H2. The van der Waals surface area contributed by atoms with Crippen LogP contribution in [0.15, 0.2) is 12.1 Å². The molecule has 1 saturated heterocycles. The molecule has 2 heterocycles. The molecule has 1 amide bonds. The van der Waals surface area contributed by atoms with Crippen molar-refractivity contribution in [2.24, 2.45) is 0 Å². The Morgan fingerprint density at radius 2 is 1.81 bits per heavy atom. The van der Waals surface area contributed by atoms with Gasteiger partial charge in [-0.25, -0.2) is 4.39 Å². The Balaban J connectivity index is 1.82. The number of nitrogens with zero attached hydrogens (tertiary/aromatic N) is 2. The number of likely N-dealkylation sites (tertiary alicyclic amines) is 1. The van der Waals surface area contributed by atoms with Gasteiger partial charge in [-0.15, -0.1) is 0 Å². The highest BCUT2D eigenvalue weighted by molar-refractivity contribution is 6.55. The number of piperidine rings is 1. The van der Waals surface area contributed by atoms with E-state index in [-0.39, 0.29) is 16.3 Å². The number of fused-ring (bicyclic) bond motifs is 1. The predicted octanol–water partition coefficient (Wildman–Crippen LogP) is 2.49. The molecule has 0 unspecified atom stereocenters. The summed E-state index contributed by atoms with van der Waals surface area (Å²) < 4.78 is 14.0. The van der Waals surface area contributed by atoms with Crippen LogP contribution >= 0.6 is 11.6 Å². The second-order valence-corrected chi connectivity index (χ2v) is 5.85. The Bertz CT molecular complexity index is 600. The van der Waals surface area contributed by atoms with Crippen molar-refractivity contribution in [3.63, 3.8) is 0 Å². The molecule has 4 nitrogen and oxygen atoms in total. The summed E-state index contributed by atoms with van der Waals surface area (Å²) >= 11 is 5.94. The Hall–Kier alpha value is -1.46. The summed E-state index contributed by atoms with van der Waals surface area (Å²) in [5.41, 5.74) is 0.0369. The molecule has 0 bridgehead atoms. The first kappa shape index (κ1) is 14.5. The van der Waals surface area contributed by atoms with E-state index in [4.69, 9.17) is 11.6 Å². The summed E-state index contributed by atoms with van der Waals surface area (Å²) in [5, 5.41) is 0.130. The SMILES string of the molecule is O=C1C(=O)N(CCN2CCCCC2)c2c(F)ccc(Cl)c21. The van der Waals surface area contributed by atoms with Gasteiger partial charge in [-0.2, -0.15) is 0 Å². The highest BCUT2D eigenvalue weighted by Gasteiger charge is 2.39. The number of rotatable bonds is 3. The van der Waals surface area contributed by atoms with Crippen LogP contribution in [0.2, 0.25) is 5.02 Å². The minimum absolute atomic E-state index is 0.000288. The van der Waals surface area contributed by atoms with Gasteiger partial charge in [-0.05, 0) is 38.1 Å². The lowest BCUT2D eigenvalue weighted by atomic mass is 10.1. The van der Waals surface area contributed by atoms with E-state index in [0.717, 1.165) is 25.9 Å². The maximum atomic E-state index is 14.0. The summed E-state index contributed by atoms with van der Waals surface area (Å²) in [6, 6.07) is 2.51. The van der Waals surface area contributed by atoms with Gasteiger partial charge in [-0.3, -0.25) is 9.59 Å². The number of benzene rings is 1. The molecular weight excluding hydrogens is 295 g/mol. The van der Waals surface area contributed by atoms with E-state index in [0.29, 0.717) is 13.1 Å². The van der Waals surface area contributed by atoms with Gasteiger partial charge in [-0.1, -0.05) is 18.0 Å². The normalized spacial score (nSPS) is 19.2. The quantitative estimate of drug-likeness (QED) is 0.805. The molecule has 0 radical (unpaired) electrons. The molecule has 21 heavy (non-hydrogen) atoms. The third-order valence-corrected chi connectivity index (χ3v) is 4.42. The molecule has 2 aliphatic heterocycles. The van der Waals surface area contributed by atoms with Crippen LogP contribution in [0.4, 0.5) is 10.1 Å². The smallest absolute Gasteiger partial charge is 0.299 e. The van der Waals surface area contributed by atoms with Crippen molar-refractivity contribution in [1.29, 1.82) is 0 Å². The van der Waals surface area contributed by atoms with Crippen LogP contribution in [0.5, 0.6) is 0 Å². The highest BCUT2D eigenvalue weighted by Crippen LogP contribution is 2.36. The summed E-state index contributed by atoms with van der Waals surface area (Å²) in [6.07, 6.45) is 3.51. The molecule has 2 aliphatic rings. The highest BCUT2D eigenvalue weighted by atomic mass is 35.5. The largest absolute Gasteiger partial charge is 0.302 e. The second kappa shape index (κ2) is 5.73. The second-order valence-electron chi connectivity index (χ2n) is 5.44. The molecule has 0 aliphatic carbocycles. The molecule has 112 valence electrons. The van der Waals surface area contributed by atoms with Gasteiger partial charge in [0.15, 0.2) is 0 Å². The lowest BCUT2D eigenvalue weighted by Gasteiger charge is -2.28. The lowest BCUT2D eigenvalue weighted by molar-refractivity contribution is -0.114. The summed E-state index contributed by atoms with van der Waals surface area (Å²) in [7, 11) is 0. The molecule has 1 aromatic rings. The van der Waals surface area contributed by atoms with Crippen molar-refractivity contribution in [2.45, 2.75) is 19.3 Å². The van der Waals surface area contributed by atoms with Crippen LogP contribution in [-0.4, -0.2) is 42.8 Å². The predicted molar refractivity (Wildman–Crippen MR) is 78.4 cm³/mol. The molecule has 0 aromatic heterocycles. The number of ketones is 1. The van der Waals surface area contributed by atoms with Crippen molar-refractivity contribution >= 4 is 29.0 Å². The fourth-order valence-corrected chi connectivity index (χ4v) is 3.23. The summed E-state index contributed by atoms with van der Waals surface area (Å²) in [6.45, 7) is 2.93. The zero-order valence-corrected chi connectivity index (χ0v) is 12.3. The average molecular weight is 311 g/mol. The van der Waals surface area contributed by atoms with Crippen LogP contribution in [0.3, 0.4) is 0 Å². The third kappa shape index (κ3) is 2.56. The molecule has 1 aromatic carbocycles. The molecular formula is C15H16ClFN2O2. The van der Waals surface area contributed by atoms with Crippen LogP contribution in [-0.2, 0) is 4.79 Å². The molecule has 0 saturated carbocycles. The number of hydrogen-bond acceptors (Lipinski definition) is 3. The van der Waals surface area contributed by atoms with Gasteiger partial charge in [0.05, 0.1) is 16.3 Å². The fraction of sp³-hybridized carbons (Fsp3) is 0.467. The molecule has 0 spiro atoms. The van der Waals surface area contributed by atoms with Crippen LogP contribution < -0.4 is 4.90 Å². The van der Waals surface area contributed by atoms with Crippen molar-refractivity contribution in [3.05, 3.63) is 28.5 Å². The maximum Gasteiger partial charge on any atom is 0.299 e. The number of carbonyl (C=O) groups excluding carboxylic acids is 2. The molecule has 1 fully saturated rings. The van der Waals surface area contributed by atoms with E-state index in [1.807, 2.05) is 0 Å². The van der Waals surface area contributed by atoms with Crippen molar-refractivity contribution in [3.8, 4) is 0 Å². The van der Waals surface area contributed by atoms with Gasteiger partial charge in [0.2, 0.25) is 0 Å². The zero-order valence-electron chi connectivity index (χ0n) is 11.6. The first-order chi connectivity index (χ1) is 10.1. The molecule has 0 N–H and O–H groups in total. The van der Waals surface area contributed by atoms with Gasteiger partial charge < -0.3 is 9.80 Å². The maximum absolute atomic E-state index is 14.0. The monoisotopic (exact) mass is 310 g/mol. The Morgan fingerprint density at radius 1 is 1.10 bits per heavy atom. The lowest BCUT2D eigenvalue weighted by Crippen LogP contribution is -2.40. The number of anilines is 1. The number of Topliss-reactive ketones (excluding diaryl/α,β-unsaturated/α-hetero) is 1. The van der Waals surface area contributed by atoms with Crippen molar-refractivity contribution in [1.82, 2.24) is 4.90 Å². The Kier molecular flexibility index (Phi) is 3.95. The average Bonchev–Trinajstić information content (AvgIpc) is 2.75. The van der Waals surface area contributed by atoms with Gasteiger partial charge in [0.25, 0.3) is 11.7 Å². The summed E-state index contributed by atoms with van der Waals surface area (Å²) in [4.78, 5) is 27.5. The van der Waals surface area contributed by atoms with E-state index in [1.165, 1.54) is 23.5 Å². The van der Waals surface area contributed by atoms with E-state index < -0.39 is 17.5 Å². The molecule has 0 atom stereocenters. The fourth-order valence-electron chi connectivity index (χ4n) is 2.99. The first-order valence-electron chi connectivity index (χ1n) is 7.16. The van der Waals surface area contributed by atoms with Crippen molar-refractivity contribution in [2.75, 3.05) is 31.1 Å². The van der Waals surface area contributed by atoms with Gasteiger partial charge in [0, 0.05) is 13.1 Å². The third-order valence-electron chi connectivity index (χ3n) is 4.10. The van der Waals surface area contributed by atoms with Crippen LogP contribution in [0.25, 0.3) is 0 Å². The van der Waals surface area contributed by atoms with E-state index in [1.54, 1.807) is 0 Å². The van der Waals surface area contributed by atoms with Crippen molar-refractivity contribution < 1.29 is 14.0 Å². The number of amides is 1. The van der Waals surface area contributed by atoms with Crippen LogP contribution in [0, 0.1) is 5.82 Å². The van der Waals surface area contributed by atoms with E-state index in [9.17, 15) is 14.0 Å². The van der Waals surface area contributed by atoms with Gasteiger partial charge in [0.1, 0.15) is 5.82 Å². The van der Waals surface area contributed by atoms with E-state index in [2.05, 4.69) is 4.90 Å². The summed E-state index contributed by atoms with van der Waals surface area (Å²) in [5.74, 6) is -1.98.